The third-order valence-corrected chi connectivity index (χ3v) is 4.65. The van der Waals surface area contributed by atoms with Crippen LogP contribution in [0.2, 0.25) is 5.02 Å². The van der Waals surface area contributed by atoms with E-state index in [9.17, 15) is 9.59 Å². The van der Waals surface area contributed by atoms with Crippen molar-refractivity contribution in [2.75, 3.05) is 26.2 Å². The normalized spacial score (nSPS) is 14.5. The molecule has 1 aliphatic rings. The molecule has 1 saturated heterocycles. The molecular weight excluding hydrogens is 350 g/mol. The van der Waals surface area contributed by atoms with Gasteiger partial charge >= 0.3 is 0 Å². The summed E-state index contributed by atoms with van der Waals surface area (Å²) in [6.45, 7) is 2.13. The molecule has 5 nitrogen and oxygen atoms in total. The molecule has 0 atom stereocenters. The Bertz CT molecular complexity index is 858. The molecule has 0 unspecified atom stereocenters. The van der Waals surface area contributed by atoms with Crippen LogP contribution in [0.4, 0.5) is 0 Å². The van der Waals surface area contributed by atoms with Gasteiger partial charge in [0.1, 0.15) is 0 Å². The predicted molar refractivity (Wildman–Crippen MR) is 99.0 cm³/mol. The minimum atomic E-state index is -0.108. The van der Waals surface area contributed by atoms with Crippen LogP contribution in [0.5, 0.6) is 0 Å². The van der Waals surface area contributed by atoms with Gasteiger partial charge in [0, 0.05) is 42.3 Å². The molecule has 1 heterocycles. The molecule has 2 aromatic rings. The quantitative estimate of drug-likeness (QED) is 0.818. The Hall–Kier alpha value is -2.84. The molecule has 26 heavy (non-hydrogen) atoms. The Morgan fingerprint density at radius 2 is 1.50 bits per heavy atom. The van der Waals surface area contributed by atoms with Gasteiger partial charge in [-0.05, 0) is 48.9 Å². The van der Waals surface area contributed by atoms with Crippen molar-refractivity contribution in [2.45, 2.75) is 6.42 Å². The lowest BCUT2D eigenvalue weighted by molar-refractivity contribution is 0.0719. The van der Waals surface area contributed by atoms with Crippen LogP contribution in [0.15, 0.2) is 48.5 Å². The van der Waals surface area contributed by atoms with Crippen molar-refractivity contribution in [1.82, 2.24) is 9.80 Å². The minimum Gasteiger partial charge on any atom is -0.337 e. The summed E-state index contributed by atoms with van der Waals surface area (Å²) in [6.07, 6.45) is 0.711. The van der Waals surface area contributed by atoms with Crippen LogP contribution in [0, 0.1) is 11.3 Å². The number of halogens is 1. The van der Waals surface area contributed by atoms with Crippen LogP contribution in [-0.2, 0) is 0 Å². The third-order valence-electron chi connectivity index (χ3n) is 4.40. The summed E-state index contributed by atoms with van der Waals surface area (Å²) in [5.74, 6) is -0.162. The van der Waals surface area contributed by atoms with E-state index in [0.717, 1.165) is 0 Å². The number of nitrogens with zero attached hydrogens (tertiary/aromatic N) is 3. The topological polar surface area (TPSA) is 64.4 Å². The summed E-state index contributed by atoms with van der Waals surface area (Å²) in [7, 11) is 0. The fraction of sp³-hybridized carbons (Fsp3) is 0.250. The summed E-state index contributed by atoms with van der Waals surface area (Å²) in [4.78, 5) is 28.8. The van der Waals surface area contributed by atoms with Gasteiger partial charge in [-0.25, -0.2) is 0 Å². The SMILES string of the molecule is N#Cc1cccc(C(=O)N2CCCN(C(=O)c3ccc(Cl)cc3)CC2)c1. The van der Waals surface area contributed by atoms with Crippen molar-refractivity contribution >= 4 is 23.4 Å². The molecule has 1 aliphatic heterocycles. The number of amides is 2. The zero-order chi connectivity index (χ0) is 18.5. The fourth-order valence-corrected chi connectivity index (χ4v) is 3.13. The molecule has 132 valence electrons. The lowest BCUT2D eigenvalue weighted by Crippen LogP contribution is -2.37. The molecule has 2 aromatic carbocycles. The van der Waals surface area contributed by atoms with Crippen molar-refractivity contribution in [1.29, 1.82) is 5.26 Å². The third kappa shape index (κ3) is 4.04. The largest absolute Gasteiger partial charge is 0.337 e. The highest BCUT2D eigenvalue weighted by molar-refractivity contribution is 6.30. The predicted octanol–water partition coefficient (Wildman–Crippen LogP) is 3.20. The standard InChI is InChI=1S/C20H18ClN3O2/c21-18-7-5-16(6-8-18)19(25)23-9-2-10-24(12-11-23)20(26)17-4-1-3-15(13-17)14-22/h1,3-8,13H,2,9-12H2. The highest BCUT2D eigenvalue weighted by Gasteiger charge is 2.23. The first-order valence-electron chi connectivity index (χ1n) is 8.43. The van der Waals surface area contributed by atoms with E-state index in [-0.39, 0.29) is 11.8 Å². The maximum atomic E-state index is 12.7. The summed E-state index contributed by atoms with van der Waals surface area (Å²) >= 11 is 5.87. The second-order valence-corrected chi connectivity index (χ2v) is 6.57. The minimum absolute atomic E-state index is 0.0533. The Morgan fingerprint density at radius 3 is 2.12 bits per heavy atom. The maximum absolute atomic E-state index is 12.7. The first-order valence-corrected chi connectivity index (χ1v) is 8.80. The Balaban J connectivity index is 1.68. The number of rotatable bonds is 2. The van der Waals surface area contributed by atoms with Gasteiger partial charge in [0.25, 0.3) is 11.8 Å². The number of carbonyl (C=O) groups excluding carboxylic acids is 2. The lowest BCUT2D eigenvalue weighted by atomic mass is 10.1. The molecule has 3 rings (SSSR count). The molecule has 0 spiro atoms. The van der Waals surface area contributed by atoms with Crippen molar-refractivity contribution in [3.05, 3.63) is 70.2 Å². The number of carbonyl (C=O) groups is 2. The van der Waals surface area contributed by atoms with Gasteiger partial charge in [-0.3, -0.25) is 9.59 Å². The van der Waals surface area contributed by atoms with Gasteiger partial charge in [0.05, 0.1) is 11.6 Å². The first-order chi connectivity index (χ1) is 12.6. The van der Waals surface area contributed by atoms with Gasteiger partial charge < -0.3 is 9.80 Å². The van der Waals surface area contributed by atoms with E-state index in [2.05, 4.69) is 0 Å². The first kappa shape index (κ1) is 18.0. The average Bonchev–Trinajstić information content (AvgIpc) is 2.93. The Kier molecular flexibility index (Phi) is 5.55. The molecule has 1 fully saturated rings. The Morgan fingerprint density at radius 1 is 0.885 bits per heavy atom. The van der Waals surface area contributed by atoms with Gasteiger partial charge in [0.15, 0.2) is 0 Å². The monoisotopic (exact) mass is 367 g/mol. The van der Waals surface area contributed by atoms with Crippen molar-refractivity contribution in [3.63, 3.8) is 0 Å². The average molecular weight is 368 g/mol. The number of nitriles is 1. The molecule has 0 saturated carbocycles. The second-order valence-electron chi connectivity index (χ2n) is 6.14. The molecular formula is C20H18ClN3O2. The van der Waals surface area contributed by atoms with Gasteiger partial charge in [-0.1, -0.05) is 17.7 Å². The lowest BCUT2D eigenvalue weighted by Gasteiger charge is -2.22. The van der Waals surface area contributed by atoms with E-state index in [1.807, 2.05) is 6.07 Å². The van der Waals surface area contributed by atoms with Crippen LogP contribution < -0.4 is 0 Å². The van der Waals surface area contributed by atoms with Crippen molar-refractivity contribution in [2.24, 2.45) is 0 Å². The smallest absolute Gasteiger partial charge is 0.253 e. The molecule has 0 radical (unpaired) electrons. The molecule has 6 heteroatoms. The zero-order valence-electron chi connectivity index (χ0n) is 14.2. The maximum Gasteiger partial charge on any atom is 0.253 e. The van der Waals surface area contributed by atoms with E-state index in [0.29, 0.717) is 54.3 Å². The number of hydrogen-bond donors (Lipinski definition) is 0. The van der Waals surface area contributed by atoms with Crippen molar-refractivity contribution in [3.8, 4) is 6.07 Å². The number of hydrogen-bond acceptors (Lipinski definition) is 3. The summed E-state index contributed by atoms with van der Waals surface area (Å²) in [5, 5.41) is 9.58. The zero-order valence-corrected chi connectivity index (χ0v) is 14.9. The van der Waals surface area contributed by atoms with Gasteiger partial charge in [0.2, 0.25) is 0 Å². The van der Waals surface area contributed by atoms with E-state index in [4.69, 9.17) is 16.9 Å². The summed E-state index contributed by atoms with van der Waals surface area (Å²) in [6, 6.07) is 15.6. The molecule has 0 aromatic heterocycles. The van der Waals surface area contributed by atoms with Gasteiger partial charge in [-0.2, -0.15) is 5.26 Å². The van der Waals surface area contributed by atoms with Crippen molar-refractivity contribution < 1.29 is 9.59 Å². The van der Waals surface area contributed by atoms with E-state index in [1.54, 1.807) is 58.3 Å². The van der Waals surface area contributed by atoms with Crippen LogP contribution in [0.3, 0.4) is 0 Å². The van der Waals surface area contributed by atoms with Crippen LogP contribution in [-0.4, -0.2) is 47.8 Å². The Labute approximate surface area is 157 Å². The highest BCUT2D eigenvalue weighted by Crippen LogP contribution is 2.15. The van der Waals surface area contributed by atoms with Crippen LogP contribution in [0.25, 0.3) is 0 Å². The molecule has 0 N–H and O–H groups in total. The fourth-order valence-electron chi connectivity index (χ4n) is 3.00. The molecule has 0 aliphatic carbocycles. The highest BCUT2D eigenvalue weighted by atomic mass is 35.5. The molecule has 0 bridgehead atoms. The summed E-state index contributed by atoms with van der Waals surface area (Å²) in [5.41, 5.74) is 1.56. The number of benzene rings is 2. The van der Waals surface area contributed by atoms with Crippen LogP contribution in [0.1, 0.15) is 32.7 Å². The second kappa shape index (κ2) is 8.03. The van der Waals surface area contributed by atoms with E-state index in [1.165, 1.54) is 0 Å². The van der Waals surface area contributed by atoms with E-state index >= 15 is 0 Å². The summed E-state index contributed by atoms with van der Waals surface area (Å²) < 4.78 is 0. The van der Waals surface area contributed by atoms with Gasteiger partial charge in [-0.15, -0.1) is 0 Å². The molecule has 2 amide bonds. The van der Waals surface area contributed by atoms with Crippen LogP contribution >= 0.6 is 11.6 Å². The van der Waals surface area contributed by atoms with E-state index < -0.39 is 0 Å².